The lowest BCUT2D eigenvalue weighted by Crippen LogP contribution is -2.41. The first kappa shape index (κ1) is 13.6. The van der Waals surface area contributed by atoms with Crippen molar-refractivity contribution in [1.29, 1.82) is 0 Å². The van der Waals surface area contributed by atoms with Gasteiger partial charge in [-0.3, -0.25) is 4.79 Å². The maximum absolute atomic E-state index is 12.3. The Morgan fingerprint density at radius 3 is 2.79 bits per heavy atom. The number of aliphatic hydroxyl groups is 1. The molecule has 1 saturated heterocycles. The van der Waals surface area contributed by atoms with Crippen molar-refractivity contribution in [3.05, 3.63) is 23.7 Å². The third-order valence-electron chi connectivity index (χ3n) is 3.41. The molecule has 19 heavy (non-hydrogen) atoms. The van der Waals surface area contributed by atoms with Gasteiger partial charge in [0.05, 0.1) is 18.2 Å². The smallest absolute Gasteiger partial charge is 0.338 e. The molecule has 2 rings (SSSR count). The van der Waals surface area contributed by atoms with Crippen LogP contribution in [-0.2, 0) is 0 Å². The van der Waals surface area contributed by atoms with Crippen molar-refractivity contribution in [3.63, 3.8) is 0 Å². The summed E-state index contributed by atoms with van der Waals surface area (Å²) in [6.07, 6.45) is 4.71. The molecular weight excluding hydrogens is 250 g/mol. The number of nitrogens with zero attached hydrogens (tertiary/aromatic N) is 1. The number of carbonyl (C=O) groups excluding carboxylic acids is 1. The first-order valence-electron chi connectivity index (χ1n) is 6.37. The zero-order valence-corrected chi connectivity index (χ0v) is 10.5. The molecule has 1 aromatic heterocycles. The number of aromatic carboxylic acids is 1. The Morgan fingerprint density at radius 1 is 1.37 bits per heavy atom. The number of aliphatic hydroxyl groups excluding tert-OH is 1. The molecule has 0 bridgehead atoms. The fourth-order valence-corrected chi connectivity index (χ4v) is 2.34. The zero-order chi connectivity index (χ0) is 13.8. The van der Waals surface area contributed by atoms with Crippen LogP contribution in [0.2, 0.25) is 0 Å². The van der Waals surface area contributed by atoms with Gasteiger partial charge in [-0.2, -0.15) is 0 Å². The number of amides is 1. The van der Waals surface area contributed by atoms with Gasteiger partial charge in [0.2, 0.25) is 0 Å². The van der Waals surface area contributed by atoms with E-state index in [1.54, 1.807) is 4.90 Å². The lowest BCUT2D eigenvalue weighted by molar-refractivity contribution is 0.0568. The van der Waals surface area contributed by atoms with Crippen molar-refractivity contribution in [2.45, 2.75) is 31.7 Å². The van der Waals surface area contributed by atoms with E-state index < -0.39 is 5.97 Å². The molecule has 1 fully saturated rings. The van der Waals surface area contributed by atoms with Crippen LogP contribution >= 0.6 is 0 Å². The van der Waals surface area contributed by atoms with E-state index in [2.05, 4.69) is 0 Å². The van der Waals surface area contributed by atoms with E-state index in [-0.39, 0.29) is 29.9 Å². The Morgan fingerprint density at radius 2 is 2.16 bits per heavy atom. The highest BCUT2D eigenvalue weighted by molar-refractivity contribution is 5.95. The summed E-state index contributed by atoms with van der Waals surface area (Å²) in [5.74, 6) is -1.47. The highest BCUT2D eigenvalue weighted by Crippen LogP contribution is 2.20. The predicted molar refractivity (Wildman–Crippen MR) is 66.0 cm³/mol. The number of carboxylic acids is 1. The van der Waals surface area contributed by atoms with Crippen LogP contribution in [0.5, 0.6) is 0 Å². The van der Waals surface area contributed by atoms with E-state index >= 15 is 0 Å². The lowest BCUT2D eigenvalue weighted by atomic mass is 10.1. The predicted octanol–water partition coefficient (Wildman–Crippen LogP) is 1.35. The van der Waals surface area contributed by atoms with Crippen LogP contribution in [0.15, 0.2) is 16.7 Å². The molecule has 6 nitrogen and oxygen atoms in total. The monoisotopic (exact) mass is 267 g/mol. The zero-order valence-electron chi connectivity index (χ0n) is 10.5. The third kappa shape index (κ3) is 2.96. The van der Waals surface area contributed by atoms with Gasteiger partial charge >= 0.3 is 5.97 Å². The second-order valence-corrected chi connectivity index (χ2v) is 4.69. The van der Waals surface area contributed by atoms with Gasteiger partial charge < -0.3 is 19.5 Å². The van der Waals surface area contributed by atoms with E-state index in [1.807, 2.05) is 0 Å². The van der Waals surface area contributed by atoms with E-state index in [0.717, 1.165) is 31.9 Å². The Hall–Kier alpha value is -1.82. The summed E-state index contributed by atoms with van der Waals surface area (Å²) in [7, 11) is 0. The van der Waals surface area contributed by atoms with E-state index in [4.69, 9.17) is 9.52 Å². The SMILES string of the molecule is O=C(O)c1coc(C(=O)N2CCCCCC2CO)c1. The third-order valence-corrected chi connectivity index (χ3v) is 3.41. The molecule has 1 aromatic rings. The Labute approximate surface area is 110 Å². The number of furan rings is 1. The molecule has 1 amide bonds. The number of carbonyl (C=O) groups is 2. The molecule has 2 N–H and O–H groups in total. The first-order valence-corrected chi connectivity index (χ1v) is 6.37. The molecule has 6 heteroatoms. The van der Waals surface area contributed by atoms with Crippen molar-refractivity contribution in [2.75, 3.05) is 13.2 Å². The standard InChI is InChI=1S/C13H17NO5/c15-7-10-4-2-1-3-5-14(10)12(16)11-6-9(8-19-11)13(17)18/h6,8,10,15H,1-5,7H2,(H,17,18). The summed E-state index contributed by atoms with van der Waals surface area (Å²) in [6, 6.07) is 1.01. The Kier molecular flexibility index (Phi) is 4.21. The number of carboxylic acid groups (broad SMARTS) is 1. The minimum Gasteiger partial charge on any atom is -0.478 e. The number of hydrogen-bond donors (Lipinski definition) is 2. The molecule has 0 aromatic carbocycles. The van der Waals surface area contributed by atoms with Gasteiger partial charge in [0.1, 0.15) is 6.26 Å². The highest BCUT2D eigenvalue weighted by atomic mass is 16.4. The topological polar surface area (TPSA) is 91.0 Å². The molecule has 1 atom stereocenters. The summed E-state index contributed by atoms with van der Waals surface area (Å²) in [5, 5.41) is 18.2. The molecule has 0 saturated carbocycles. The molecule has 0 radical (unpaired) electrons. The van der Waals surface area contributed by atoms with Crippen molar-refractivity contribution >= 4 is 11.9 Å². The summed E-state index contributed by atoms with van der Waals surface area (Å²) in [5.41, 5.74) is -0.0429. The van der Waals surface area contributed by atoms with E-state index in [1.165, 1.54) is 6.07 Å². The van der Waals surface area contributed by atoms with Gasteiger partial charge in [-0.1, -0.05) is 12.8 Å². The van der Waals surface area contributed by atoms with Crippen LogP contribution in [0.1, 0.15) is 46.6 Å². The van der Waals surface area contributed by atoms with Gasteiger partial charge in [-0.15, -0.1) is 0 Å². The molecule has 2 heterocycles. The van der Waals surface area contributed by atoms with Crippen molar-refractivity contribution < 1.29 is 24.2 Å². The van der Waals surface area contributed by atoms with Crippen molar-refractivity contribution in [1.82, 2.24) is 4.90 Å². The fourth-order valence-electron chi connectivity index (χ4n) is 2.34. The largest absolute Gasteiger partial charge is 0.478 e. The van der Waals surface area contributed by atoms with E-state index in [9.17, 15) is 14.7 Å². The van der Waals surface area contributed by atoms with Crippen molar-refractivity contribution in [2.24, 2.45) is 0 Å². The minimum atomic E-state index is -1.13. The summed E-state index contributed by atoms with van der Waals surface area (Å²) in [6.45, 7) is 0.478. The average Bonchev–Trinajstić information content (AvgIpc) is 2.77. The average molecular weight is 267 g/mol. The van der Waals surface area contributed by atoms with Crippen molar-refractivity contribution in [3.8, 4) is 0 Å². The number of rotatable bonds is 3. The fraction of sp³-hybridized carbons (Fsp3) is 0.538. The molecule has 1 aliphatic rings. The number of likely N-dealkylation sites (tertiary alicyclic amines) is 1. The molecule has 1 unspecified atom stereocenters. The van der Waals surface area contributed by atoms with Gasteiger partial charge in [-0.05, 0) is 12.8 Å². The quantitative estimate of drug-likeness (QED) is 0.862. The first-order chi connectivity index (χ1) is 9.13. The Bertz CT molecular complexity index is 467. The second kappa shape index (κ2) is 5.88. The maximum atomic E-state index is 12.3. The molecule has 104 valence electrons. The molecular formula is C13H17NO5. The summed E-state index contributed by atoms with van der Waals surface area (Å²) >= 11 is 0. The van der Waals surface area contributed by atoms with Crippen LogP contribution in [0, 0.1) is 0 Å². The van der Waals surface area contributed by atoms with Crippen LogP contribution in [0.3, 0.4) is 0 Å². The van der Waals surface area contributed by atoms with Gasteiger partial charge in [0.15, 0.2) is 5.76 Å². The van der Waals surface area contributed by atoms with Gasteiger partial charge in [0.25, 0.3) is 5.91 Å². The van der Waals surface area contributed by atoms with Crippen LogP contribution in [0.25, 0.3) is 0 Å². The maximum Gasteiger partial charge on any atom is 0.338 e. The molecule has 1 aliphatic heterocycles. The van der Waals surface area contributed by atoms with Gasteiger partial charge in [-0.25, -0.2) is 4.79 Å². The van der Waals surface area contributed by atoms with Gasteiger partial charge in [0, 0.05) is 12.6 Å². The minimum absolute atomic E-state index is 0.0118. The van der Waals surface area contributed by atoms with Crippen LogP contribution in [0.4, 0.5) is 0 Å². The normalized spacial score (nSPS) is 20.1. The van der Waals surface area contributed by atoms with Crippen LogP contribution < -0.4 is 0 Å². The summed E-state index contributed by atoms with van der Waals surface area (Å²) in [4.78, 5) is 24.6. The molecule has 0 aliphatic carbocycles. The molecule has 0 spiro atoms. The second-order valence-electron chi connectivity index (χ2n) is 4.69. The van der Waals surface area contributed by atoms with E-state index in [0.29, 0.717) is 6.54 Å². The Balaban J connectivity index is 2.17. The summed E-state index contributed by atoms with van der Waals surface area (Å²) < 4.78 is 5.02. The number of hydrogen-bond acceptors (Lipinski definition) is 4. The highest BCUT2D eigenvalue weighted by Gasteiger charge is 2.28. The van der Waals surface area contributed by atoms with Crippen LogP contribution in [-0.4, -0.2) is 46.2 Å². The lowest BCUT2D eigenvalue weighted by Gasteiger charge is -2.27.